The number of nitrogens with zero attached hydrogens (tertiary/aromatic N) is 2. The topological polar surface area (TPSA) is 44.8 Å². The molecule has 2 aromatic rings. The van der Waals surface area contributed by atoms with E-state index in [0.29, 0.717) is 6.54 Å². The van der Waals surface area contributed by atoms with Crippen molar-refractivity contribution >= 4 is 5.91 Å². The summed E-state index contributed by atoms with van der Waals surface area (Å²) in [5, 5.41) is 3.12. The molecule has 0 spiro atoms. The van der Waals surface area contributed by atoms with Gasteiger partial charge in [0.05, 0.1) is 6.61 Å². The average molecular weight is 476 g/mol. The van der Waals surface area contributed by atoms with Crippen molar-refractivity contribution in [3.63, 3.8) is 0 Å². The Kier molecular flexibility index (Phi) is 8.37. The van der Waals surface area contributed by atoms with Gasteiger partial charge in [-0.25, -0.2) is 0 Å². The number of rotatable bonds is 6. The first-order chi connectivity index (χ1) is 17.2. The average Bonchev–Trinajstić information content (AvgIpc) is 3.52. The Morgan fingerprint density at radius 1 is 0.914 bits per heavy atom. The monoisotopic (exact) mass is 475 g/mol. The number of nitrogens with one attached hydrogen (secondary N) is 1. The zero-order valence-corrected chi connectivity index (χ0v) is 21.1. The van der Waals surface area contributed by atoms with Crippen LogP contribution < -0.4 is 10.1 Å². The summed E-state index contributed by atoms with van der Waals surface area (Å²) < 4.78 is 6.24. The fourth-order valence-electron chi connectivity index (χ4n) is 5.45. The summed E-state index contributed by atoms with van der Waals surface area (Å²) >= 11 is 0. The molecule has 0 radical (unpaired) electrons. The minimum Gasteiger partial charge on any atom is -0.493 e. The minimum absolute atomic E-state index is 0.0101. The van der Waals surface area contributed by atoms with Crippen molar-refractivity contribution in [2.45, 2.75) is 57.9 Å². The lowest BCUT2D eigenvalue weighted by atomic mass is 9.99. The molecule has 3 aliphatic rings. The molecule has 1 saturated heterocycles. The maximum Gasteiger partial charge on any atom is 0.251 e. The predicted molar refractivity (Wildman–Crippen MR) is 141 cm³/mol. The van der Waals surface area contributed by atoms with Crippen LogP contribution in [0.4, 0.5) is 0 Å². The van der Waals surface area contributed by atoms with E-state index in [0.717, 1.165) is 68.4 Å². The smallest absolute Gasteiger partial charge is 0.251 e. The highest BCUT2D eigenvalue weighted by Gasteiger charge is 2.24. The van der Waals surface area contributed by atoms with Gasteiger partial charge < -0.3 is 15.0 Å². The molecule has 2 heterocycles. The SMILES string of the molecule is O=C(NCCN1CCCC1)c1ccc2c(c1)Cc1cccc(c1)CN(CC1CC1)CCCCCO2. The first kappa shape index (κ1) is 24.3. The van der Waals surface area contributed by atoms with Gasteiger partial charge >= 0.3 is 0 Å². The lowest BCUT2D eigenvalue weighted by Crippen LogP contribution is -2.33. The molecule has 5 nitrogen and oxygen atoms in total. The van der Waals surface area contributed by atoms with Gasteiger partial charge in [0.1, 0.15) is 5.75 Å². The second kappa shape index (κ2) is 12.0. The Morgan fingerprint density at radius 2 is 1.71 bits per heavy atom. The molecule has 188 valence electrons. The van der Waals surface area contributed by atoms with Crippen LogP contribution in [0, 0.1) is 5.92 Å². The van der Waals surface area contributed by atoms with E-state index in [2.05, 4.69) is 39.4 Å². The third kappa shape index (κ3) is 7.31. The van der Waals surface area contributed by atoms with Crippen molar-refractivity contribution in [2.24, 2.45) is 5.92 Å². The highest BCUT2D eigenvalue weighted by Crippen LogP contribution is 2.31. The molecule has 5 heteroatoms. The van der Waals surface area contributed by atoms with E-state index >= 15 is 0 Å². The highest BCUT2D eigenvalue weighted by atomic mass is 16.5. The molecule has 2 aromatic carbocycles. The molecule has 5 rings (SSSR count). The van der Waals surface area contributed by atoms with E-state index in [1.54, 1.807) is 0 Å². The Bertz CT molecular complexity index is 981. The van der Waals surface area contributed by atoms with Crippen LogP contribution in [0.5, 0.6) is 5.75 Å². The molecule has 1 amide bonds. The zero-order valence-electron chi connectivity index (χ0n) is 21.1. The van der Waals surface area contributed by atoms with Crippen molar-refractivity contribution in [3.8, 4) is 5.75 Å². The Morgan fingerprint density at radius 3 is 2.57 bits per heavy atom. The van der Waals surface area contributed by atoms with E-state index in [1.807, 2.05) is 18.2 Å². The third-order valence-electron chi connectivity index (χ3n) is 7.62. The van der Waals surface area contributed by atoms with Crippen LogP contribution in [0.25, 0.3) is 0 Å². The Hall–Kier alpha value is -2.37. The molecule has 1 aliphatic carbocycles. The highest BCUT2D eigenvalue weighted by molar-refractivity contribution is 5.94. The molecule has 1 saturated carbocycles. The zero-order chi connectivity index (χ0) is 23.9. The second-order valence-electron chi connectivity index (χ2n) is 10.7. The molecular weight excluding hydrogens is 434 g/mol. The van der Waals surface area contributed by atoms with E-state index in [1.165, 1.54) is 62.7 Å². The maximum atomic E-state index is 12.9. The van der Waals surface area contributed by atoms with Crippen molar-refractivity contribution < 1.29 is 9.53 Å². The van der Waals surface area contributed by atoms with Gasteiger partial charge in [0.15, 0.2) is 0 Å². The van der Waals surface area contributed by atoms with Crippen LogP contribution in [-0.2, 0) is 13.0 Å². The van der Waals surface area contributed by atoms with Crippen LogP contribution in [0.1, 0.15) is 72.0 Å². The first-order valence-corrected chi connectivity index (χ1v) is 13.8. The lowest BCUT2D eigenvalue weighted by Gasteiger charge is -2.23. The quantitative estimate of drug-likeness (QED) is 0.647. The van der Waals surface area contributed by atoms with Gasteiger partial charge in [-0.1, -0.05) is 24.3 Å². The fraction of sp³-hybridized carbons (Fsp3) is 0.567. The molecule has 0 unspecified atom stereocenters. The van der Waals surface area contributed by atoms with Gasteiger partial charge in [-0.2, -0.15) is 0 Å². The Labute approximate surface area is 210 Å². The number of carbonyl (C=O) groups is 1. The van der Waals surface area contributed by atoms with Crippen molar-refractivity contribution in [1.82, 2.24) is 15.1 Å². The summed E-state index contributed by atoms with van der Waals surface area (Å²) in [5.41, 5.74) is 4.49. The van der Waals surface area contributed by atoms with Crippen molar-refractivity contribution in [3.05, 3.63) is 64.7 Å². The van der Waals surface area contributed by atoms with Crippen LogP contribution >= 0.6 is 0 Å². The maximum absolute atomic E-state index is 12.9. The number of fused-ring (bicyclic) bond motifs is 3. The van der Waals surface area contributed by atoms with Crippen molar-refractivity contribution in [1.29, 1.82) is 0 Å². The lowest BCUT2D eigenvalue weighted by molar-refractivity contribution is 0.0949. The van der Waals surface area contributed by atoms with Crippen LogP contribution in [0.15, 0.2) is 42.5 Å². The van der Waals surface area contributed by atoms with Crippen LogP contribution in [0.2, 0.25) is 0 Å². The molecular formula is C30H41N3O2. The fourth-order valence-corrected chi connectivity index (χ4v) is 5.45. The third-order valence-corrected chi connectivity index (χ3v) is 7.62. The summed E-state index contributed by atoms with van der Waals surface area (Å²) in [6, 6.07) is 14.9. The Balaban J connectivity index is 1.29. The number of hydrogen-bond donors (Lipinski definition) is 1. The summed E-state index contributed by atoms with van der Waals surface area (Å²) in [6.07, 6.45) is 9.61. The summed E-state index contributed by atoms with van der Waals surface area (Å²) in [5.74, 6) is 1.83. The van der Waals surface area contributed by atoms with Gasteiger partial charge in [0.25, 0.3) is 5.91 Å². The standard InChI is InChI=1S/C30H41N3O2/c34-30(31-13-17-32-14-3-4-15-32)27-11-12-29-28(21-27)20-25-7-6-8-26(19-25)23-33(22-24-9-10-24)16-2-1-5-18-35-29/h6-8,11-12,19,21,24H,1-5,9-10,13-18,20,22-23H2,(H,31,34). The van der Waals surface area contributed by atoms with E-state index in [4.69, 9.17) is 4.74 Å². The van der Waals surface area contributed by atoms with Crippen LogP contribution in [-0.4, -0.2) is 61.6 Å². The summed E-state index contributed by atoms with van der Waals surface area (Å²) in [7, 11) is 0. The number of benzene rings is 2. The van der Waals surface area contributed by atoms with Crippen LogP contribution in [0.3, 0.4) is 0 Å². The molecule has 0 aromatic heterocycles. The number of amides is 1. The van der Waals surface area contributed by atoms with Gasteiger partial charge in [-0.15, -0.1) is 0 Å². The summed E-state index contributed by atoms with van der Waals surface area (Å²) in [4.78, 5) is 18.0. The second-order valence-corrected chi connectivity index (χ2v) is 10.7. The number of likely N-dealkylation sites (tertiary alicyclic amines) is 1. The van der Waals surface area contributed by atoms with E-state index in [-0.39, 0.29) is 5.91 Å². The molecule has 0 atom stereocenters. The molecule has 2 aliphatic heterocycles. The molecule has 35 heavy (non-hydrogen) atoms. The van der Waals surface area contributed by atoms with Gasteiger partial charge in [-0.05, 0) is 105 Å². The number of hydrogen-bond acceptors (Lipinski definition) is 4. The largest absolute Gasteiger partial charge is 0.493 e. The van der Waals surface area contributed by atoms with Crippen molar-refractivity contribution in [2.75, 3.05) is 45.9 Å². The van der Waals surface area contributed by atoms with E-state index in [9.17, 15) is 4.79 Å². The molecule has 2 fully saturated rings. The van der Waals surface area contributed by atoms with E-state index < -0.39 is 0 Å². The normalized spacial score (nSPS) is 20.0. The number of carbonyl (C=O) groups excluding carboxylic acids is 1. The van der Waals surface area contributed by atoms with Gasteiger partial charge in [0.2, 0.25) is 0 Å². The van der Waals surface area contributed by atoms with Gasteiger partial charge in [-0.3, -0.25) is 9.69 Å². The first-order valence-electron chi connectivity index (χ1n) is 13.8. The molecule has 1 N–H and O–H groups in total. The predicted octanol–water partition coefficient (Wildman–Crippen LogP) is 4.88. The molecule has 2 bridgehead atoms. The minimum atomic E-state index is 0.0101. The number of ether oxygens (including phenoxy) is 1. The van der Waals surface area contributed by atoms with Gasteiger partial charge in [0, 0.05) is 38.2 Å². The summed E-state index contributed by atoms with van der Waals surface area (Å²) in [6.45, 7) is 8.13.